The zero-order chi connectivity index (χ0) is 17.3. The van der Waals surface area contributed by atoms with E-state index in [1.54, 1.807) is 24.3 Å². The van der Waals surface area contributed by atoms with Crippen molar-refractivity contribution in [1.82, 2.24) is 4.90 Å². The first-order valence-electron chi connectivity index (χ1n) is 8.31. The van der Waals surface area contributed by atoms with Gasteiger partial charge in [-0.3, -0.25) is 9.69 Å². The number of nitrogens with zero attached hydrogens (tertiary/aromatic N) is 1. The van der Waals surface area contributed by atoms with Gasteiger partial charge in [-0.2, -0.15) is 0 Å². The Morgan fingerprint density at radius 2 is 2.04 bits per heavy atom. The van der Waals surface area contributed by atoms with Gasteiger partial charge < -0.3 is 14.6 Å². The smallest absolute Gasteiger partial charge is 0.328 e. The fourth-order valence-corrected chi connectivity index (χ4v) is 3.66. The molecule has 0 radical (unpaired) electrons. The van der Waals surface area contributed by atoms with Gasteiger partial charge in [0.1, 0.15) is 11.5 Å². The molecule has 3 rings (SSSR count). The van der Waals surface area contributed by atoms with Crippen LogP contribution in [-0.2, 0) is 9.53 Å². The van der Waals surface area contributed by atoms with Gasteiger partial charge in [-0.15, -0.1) is 0 Å². The molecule has 2 aliphatic rings. The van der Waals surface area contributed by atoms with Crippen LogP contribution in [0.4, 0.5) is 0 Å². The molecular formula is C18H23NO5. The Hall–Kier alpha value is -2.08. The lowest BCUT2D eigenvalue weighted by molar-refractivity contribution is -0.143. The van der Waals surface area contributed by atoms with Gasteiger partial charge in [0, 0.05) is 5.56 Å². The van der Waals surface area contributed by atoms with E-state index in [-0.39, 0.29) is 12.5 Å². The summed E-state index contributed by atoms with van der Waals surface area (Å²) in [5, 5.41) is 9.55. The van der Waals surface area contributed by atoms with E-state index < -0.39 is 17.7 Å². The van der Waals surface area contributed by atoms with E-state index in [1.807, 2.05) is 0 Å². The number of benzene rings is 1. The van der Waals surface area contributed by atoms with Crippen molar-refractivity contribution < 1.29 is 24.2 Å². The molecule has 1 aromatic rings. The number of rotatable bonds is 3. The number of methoxy groups -OCH3 is 1. The van der Waals surface area contributed by atoms with Crippen molar-refractivity contribution in [1.29, 1.82) is 0 Å². The van der Waals surface area contributed by atoms with Crippen molar-refractivity contribution in [3.63, 3.8) is 0 Å². The van der Waals surface area contributed by atoms with Gasteiger partial charge in [0.15, 0.2) is 6.04 Å². The third-order valence-corrected chi connectivity index (χ3v) is 5.14. The lowest BCUT2D eigenvalue weighted by Gasteiger charge is -2.42. The molecule has 6 heteroatoms. The molecule has 24 heavy (non-hydrogen) atoms. The van der Waals surface area contributed by atoms with E-state index in [9.17, 15) is 14.7 Å². The number of hydrogen-bond donors (Lipinski definition) is 1. The van der Waals surface area contributed by atoms with Crippen molar-refractivity contribution in [3.8, 4) is 5.75 Å². The van der Waals surface area contributed by atoms with Gasteiger partial charge in [0.05, 0.1) is 13.7 Å². The molecule has 2 fully saturated rings. The van der Waals surface area contributed by atoms with E-state index in [1.165, 1.54) is 12.0 Å². The van der Waals surface area contributed by atoms with Crippen LogP contribution in [0.15, 0.2) is 24.3 Å². The first-order chi connectivity index (χ1) is 11.5. The lowest BCUT2D eigenvalue weighted by atomic mass is 9.83. The maximum absolute atomic E-state index is 13.1. The van der Waals surface area contributed by atoms with Crippen molar-refractivity contribution in [2.24, 2.45) is 5.92 Å². The molecule has 1 heterocycles. The quantitative estimate of drug-likeness (QED) is 0.920. The average molecular weight is 333 g/mol. The number of aliphatic carboxylic acids is 1. The molecule has 1 atom stereocenters. The highest BCUT2D eigenvalue weighted by atomic mass is 16.5. The second-order valence-corrected chi connectivity index (χ2v) is 6.70. The van der Waals surface area contributed by atoms with Gasteiger partial charge in [0.2, 0.25) is 0 Å². The standard InChI is InChI=1S/C18H23NO5/c1-12-6-8-18(9-7-12)19(15(11-24-18)17(21)22)16(20)13-4-3-5-14(10-13)23-2/h3-5,10,12,15H,6-9,11H2,1-2H3,(H,21,22)/t12?,15-,18?/m1/s1. The third-order valence-electron chi connectivity index (χ3n) is 5.14. The summed E-state index contributed by atoms with van der Waals surface area (Å²) in [6.45, 7) is 2.21. The number of amides is 1. The van der Waals surface area contributed by atoms with Crippen LogP contribution in [-0.4, -0.2) is 47.4 Å². The van der Waals surface area contributed by atoms with Gasteiger partial charge in [-0.05, 0) is 49.8 Å². The van der Waals surface area contributed by atoms with Gasteiger partial charge in [0.25, 0.3) is 5.91 Å². The molecule has 1 amide bonds. The van der Waals surface area contributed by atoms with E-state index >= 15 is 0 Å². The summed E-state index contributed by atoms with van der Waals surface area (Å²) in [7, 11) is 1.53. The Morgan fingerprint density at radius 3 is 2.67 bits per heavy atom. The zero-order valence-electron chi connectivity index (χ0n) is 14.0. The number of ether oxygens (including phenoxy) is 2. The number of carboxylic acids is 1. The molecule has 1 saturated heterocycles. The van der Waals surface area contributed by atoms with Crippen LogP contribution in [0.5, 0.6) is 5.75 Å². The largest absolute Gasteiger partial charge is 0.497 e. The maximum Gasteiger partial charge on any atom is 0.328 e. The molecule has 1 aliphatic carbocycles. The average Bonchev–Trinajstić information content (AvgIpc) is 2.96. The van der Waals surface area contributed by atoms with Gasteiger partial charge in [-0.25, -0.2) is 4.79 Å². The van der Waals surface area contributed by atoms with Gasteiger partial charge in [-0.1, -0.05) is 13.0 Å². The van der Waals surface area contributed by atoms with E-state index in [4.69, 9.17) is 9.47 Å². The normalized spacial score (nSPS) is 29.7. The summed E-state index contributed by atoms with van der Waals surface area (Å²) < 4.78 is 11.1. The summed E-state index contributed by atoms with van der Waals surface area (Å²) in [6, 6.07) is 5.86. The van der Waals surface area contributed by atoms with E-state index in [2.05, 4.69) is 6.92 Å². The summed E-state index contributed by atoms with van der Waals surface area (Å²) in [6.07, 6.45) is 3.20. The van der Waals surface area contributed by atoms with E-state index in [0.29, 0.717) is 30.1 Å². The zero-order valence-corrected chi connectivity index (χ0v) is 14.0. The number of carbonyl (C=O) groups excluding carboxylic acids is 1. The molecule has 6 nitrogen and oxygen atoms in total. The van der Waals surface area contributed by atoms with Crippen molar-refractivity contribution in [2.75, 3.05) is 13.7 Å². The topological polar surface area (TPSA) is 76.1 Å². The van der Waals surface area contributed by atoms with Gasteiger partial charge >= 0.3 is 5.97 Å². The molecule has 1 spiro atoms. The summed E-state index contributed by atoms with van der Waals surface area (Å²) >= 11 is 0. The number of carboxylic acid groups (broad SMARTS) is 1. The van der Waals surface area contributed by atoms with Crippen molar-refractivity contribution in [3.05, 3.63) is 29.8 Å². The first-order valence-corrected chi connectivity index (χ1v) is 8.31. The van der Waals surface area contributed by atoms with Crippen LogP contribution >= 0.6 is 0 Å². The number of hydrogen-bond acceptors (Lipinski definition) is 4. The van der Waals surface area contributed by atoms with Crippen molar-refractivity contribution >= 4 is 11.9 Å². The SMILES string of the molecule is COc1cccc(C(=O)N2[C@@H](C(=O)O)COC23CCC(C)CC3)c1. The molecular weight excluding hydrogens is 310 g/mol. The van der Waals surface area contributed by atoms with Crippen molar-refractivity contribution in [2.45, 2.75) is 44.4 Å². The summed E-state index contributed by atoms with van der Waals surface area (Å²) in [5.74, 6) is -0.203. The molecule has 1 N–H and O–H groups in total. The summed E-state index contributed by atoms with van der Waals surface area (Å²) in [4.78, 5) is 26.2. The second kappa shape index (κ2) is 6.43. The Kier molecular flexibility index (Phi) is 4.49. The second-order valence-electron chi connectivity index (χ2n) is 6.70. The fraction of sp³-hybridized carbons (Fsp3) is 0.556. The minimum Gasteiger partial charge on any atom is -0.497 e. The minimum atomic E-state index is -1.03. The monoisotopic (exact) mass is 333 g/mol. The summed E-state index contributed by atoms with van der Waals surface area (Å²) in [5.41, 5.74) is -0.375. The molecule has 1 saturated carbocycles. The maximum atomic E-state index is 13.1. The predicted octanol–water partition coefficient (Wildman–Crippen LogP) is 2.53. The molecule has 0 unspecified atom stereocenters. The molecule has 0 aromatic heterocycles. The lowest BCUT2D eigenvalue weighted by Crippen LogP contribution is -2.55. The van der Waals surface area contributed by atoms with Crippen LogP contribution < -0.4 is 4.74 Å². The third kappa shape index (κ3) is 2.86. The van der Waals surface area contributed by atoms with Crippen LogP contribution in [0.2, 0.25) is 0 Å². The fourth-order valence-electron chi connectivity index (χ4n) is 3.66. The number of carbonyl (C=O) groups is 2. The van der Waals surface area contributed by atoms with Crippen LogP contribution in [0.25, 0.3) is 0 Å². The Balaban J connectivity index is 1.95. The molecule has 1 aromatic carbocycles. The highest BCUT2D eigenvalue weighted by Gasteiger charge is 2.53. The molecule has 130 valence electrons. The molecule has 1 aliphatic heterocycles. The highest BCUT2D eigenvalue weighted by Crippen LogP contribution is 2.43. The van der Waals surface area contributed by atoms with E-state index in [0.717, 1.165) is 12.8 Å². The van der Waals surface area contributed by atoms with Crippen LogP contribution in [0, 0.1) is 5.92 Å². The Morgan fingerprint density at radius 1 is 1.33 bits per heavy atom. The Bertz CT molecular complexity index is 636. The first kappa shape index (κ1) is 16.8. The van der Waals surface area contributed by atoms with Crippen LogP contribution in [0.3, 0.4) is 0 Å². The molecule has 0 bridgehead atoms. The minimum absolute atomic E-state index is 0.0411. The van der Waals surface area contributed by atoms with Crippen LogP contribution in [0.1, 0.15) is 43.0 Å². The predicted molar refractivity (Wildman–Crippen MR) is 86.9 cm³/mol. The Labute approximate surface area is 141 Å². The highest BCUT2D eigenvalue weighted by molar-refractivity contribution is 5.97.